The number of hydrogen-bond acceptors (Lipinski definition) is 5. The molecule has 2 aromatic heterocycles. The number of imidazole rings is 1. The van der Waals surface area contributed by atoms with Crippen molar-refractivity contribution < 1.29 is 13.2 Å². The van der Waals surface area contributed by atoms with Gasteiger partial charge in [0.25, 0.3) is 5.56 Å². The summed E-state index contributed by atoms with van der Waals surface area (Å²) in [5.41, 5.74) is 1.66. The van der Waals surface area contributed by atoms with E-state index in [0.717, 1.165) is 5.56 Å². The zero-order chi connectivity index (χ0) is 20.8. The van der Waals surface area contributed by atoms with Crippen molar-refractivity contribution in [2.24, 2.45) is 7.05 Å². The quantitative estimate of drug-likeness (QED) is 0.518. The fourth-order valence-corrected chi connectivity index (χ4v) is 4.93. The first kappa shape index (κ1) is 18.9. The van der Waals surface area contributed by atoms with E-state index in [0.29, 0.717) is 11.3 Å². The molecule has 2 aromatic carbocycles. The highest BCUT2D eigenvalue weighted by Gasteiger charge is 2.28. The van der Waals surface area contributed by atoms with E-state index in [9.17, 15) is 13.2 Å². The maximum Gasteiger partial charge on any atom is 0.276 e. The smallest absolute Gasteiger partial charge is 0.276 e. The van der Waals surface area contributed by atoms with Gasteiger partial charge in [-0.05, 0) is 43.3 Å². The van der Waals surface area contributed by atoms with Gasteiger partial charge in [-0.2, -0.15) is 0 Å². The van der Waals surface area contributed by atoms with Gasteiger partial charge >= 0.3 is 0 Å². The van der Waals surface area contributed by atoms with Crippen LogP contribution < -0.4 is 10.3 Å². The number of aromatic nitrogens is 3. The average Bonchev–Trinajstić information content (AvgIpc) is 3.20. The summed E-state index contributed by atoms with van der Waals surface area (Å²) in [4.78, 5) is 17.0. The number of sulfone groups is 1. The van der Waals surface area contributed by atoms with Crippen LogP contribution in [0.2, 0.25) is 0 Å². The van der Waals surface area contributed by atoms with Crippen molar-refractivity contribution in [2.45, 2.75) is 16.8 Å². The predicted molar refractivity (Wildman–Crippen MR) is 109 cm³/mol. The Morgan fingerprint density at radius 1 is 1.00 bits per heavy atom. The molecule has 0 amide bonds. The molecule has 0 atom stereocenters. The second-order valence-electron chi connectivity index (χ2n) is 6.71. The zero-order valence-corrected chi connectivity index (χ0v) is 17.0. The van der Waals surface area contributed by atoms with E-state index in [1.165, 1.54) is 21.5 Å². The summed E-state index contributed by atoms with van der Waals surface area (Å²) in [5.74, 6) is 0.630. The number of fused-ring (bicyclic) bond motifs is 1. The van der Waals surface area contributed by atoms with Crippen LogP contribution in [0.3, 0.4) is 0 Å². The monoisotopic (exact) mass is 409 g/mol. The van der Waals surface area contributed by atoms with Crippen molar-refractivity contribution in [2.75, 3.05) is 7.11 Å². The van der Waals surface area contributed by atoms with Crippen molar-refractivity contribution >= 4 is 15.4 Å². The number of methoxy groups -OCH3 is 1. The molecule has 0 saturated heterocycles. The minimum absolute atomic E-state index is 0.0129. The van der Waals surface area contributed by atoms with Crippen LogP contribution >= 0.6 is 0 Å². The first-order valence-electron chi connectivity index (χ1n) is 8.86. The summed E-state index contributed by atoms with van der Waals surface area (Å²) >= 11 is 0. The molecule has 0 fully saturated rings. The fraction of sp³-hybridized carbons (Fsp3) is 0.143. The number of ether oxygens (including phenoxy) is 1. The summed E-state index contributed by atoms with van der Waals surface area (Å²) < 4.78 is 35.2. The summed E-state index contributed by atoms with van der Waals surface area (Å²) in [6, 6.07) is 13.5. The number of rotatable bonds is 4. The lowest BCUT2D eigenvalue weighted by molar-refractivity contribution is 0.415. The number of nitrogens with zero attached hydrogens (tertiary/aromatic N) is 3. The van der Waals surface area contributed by atoms with Gasteiger partial charge in [0.05, 0.1) is 23.9 Å². The molecule has 0 aliphatic heterocycles. The van der Waals surface area contributed by atoms with E-state index >= 15 is 0 Å². The highest BCUT2D eigenvalue weighted by molar-refractivity contribution is 7.91. The third kappa shape index (κ3) is 3.01. The normalized spacial score (nSPS) is 11.7. The predicted octanol–water partition coefficient (Wildman–Crippen LogP) is 2.85. The van der Waals surface area contributed by atoms with Crippen molar-refractivity contribution in [3.05, 3.63) is 77.0 Å². The number of hydrogen-bond donors (Lipinski definition) is 0. The van der Waals surface area contributed by atoms with Gasteiger partial charge in [0.1, 0.15) is 17.6 Å². The second kappa shape index (κ2) is 6.89. The highest BCUT2D eigenvalue weighted by atomic mass is 32.2. The lowest BCUT2D eigenvalue weighted by Crippen LogP contribution is -2.25. The van der Waals surface area contributed by atoms with Crippen LogP contribution in [-0.4, -0.2) is 29.5 Å². The lowest BCUT2D eigenvalue weighted by Gasteiger charge is -2.17. The van der Waals surface area contributed by atoms with Gasteiger partial charge in [-0.3, -0.25) is 9.20 Å². The van der Waals surface area contributed by atoms with Gasteiger partial charge in [0.2, 0.25) is 9.84 Å². The van der Waals surface area contributed by atoms with Crippen molar-refractivity contribution in [3.63, 3.8) is 0 Å². The molecule has 0 saturated carbocycles. The molecule has 4 rings (SSSR count). The van der Waals surface area contributed by atoms with Gasteiger partial charge in [-0.15, -0.1) is 0 Å². The fourth-order valence-electron chi connectivity index (χ4n) is 3.30. The van der Waals surface area contributed by atoms with Crippen molar-refractivity contribution in [3.8, 4) is 17.0 Å². The van der Waals surface area contributed by atoms with Crippen LogP contribution in [0.1, 0.15) is 5.56 Å². The topological polar surface area (TPSA) is 82.7 Å². The van der Waals surface area contributed by atoms with E-state index in [1.54, 1.807) is 62.7 Å². The summed E-state index contributed by atoms with van der Waals surface area (Å²) in [6.45, 7) is 1.89. The van der Waals surface area contributed by atoms with Gasteiger partial charge < -0.3 is 9.30 Å². The standard InChI is InChI=1S/C21H19N3O4S/c1-14-4-10-17(11-5-14)29(26,27)21-19(15-6-8-16(28-3)9-7-15)23(2)20(25)18-12-22-13-24(18)21/h4-13H,1-3H3. The van der Waals surface area contributed by atoms with Crippen molar-refractivity contribution in [1.29, 1.82) is 0 Å². The molecule has 0 unspecified atom stereocenters. The number of benzene rings is 2. The molecule has 2 heterocycles. The largest absolute Gasteiger partial charge is 0.497 e. The lowest BCUT2D eigenvalue weighted by atomic mass is 10.1. The second-order valence-corrected chi connectivity index (χ2v) is 8.58. The van der Waals surface area contributed by atoms with Crippen LogP contribution in [0, 0.1) is 6.92 Å². The molecule has 8 heteroatoms. The molecule has 0 bridgehead atoms. The SMILES string of the molecule is COc1ccc(-c2c(S(=O)(=O)c3ccc(C)cc3)n3cncc3c(=O)n2C)cc1. The van der Waals surface area contributed by atoms with Crippen LogP contribution in [-0.2, 0) is 16.9 Å². The summed E-state index contributed by atoms with van der Waals surface area (Å²) in [5, 5.41) is -0.0129. The maximum absolute atomic E-state index is 13.6. The van der Waals surface area contributed by atoms with Crippen LogP contribution in [0.5, 0.6) is 5.75 Å². The molecular weight excluding hydrogens is 390 g/mol. The molecule has 0 radical (unpaired) electrons. The van der Waals surface area contributed by atoms with Gasteiger partial charge in [-0.1, -0.05) is 17.7 Å². The first-order chi connectivity index (χ1) is 13.8. The third-order valence-electron chi connectivity index (χ3n) is 4.87. The Labute approximate surface area is 167 Å². The highest BCUT2D eigenvalue weighted by Crippen LogP contribution is 2.32. The Balaban J connectivity index is 2.11. The van der Waals surface area contributed by atoms with Gasteiger partial charge in [-0.25, -0.2) is 13.4 Å². The molecule has 148 valence electrons. The first-order valence-corrected chi connectivity index (χ1v) is 10.3. The minimum atomic E-state index is -3.95. The summed E-state index contributed by atoms with van der Waals surface area (Å²) in [7, 11) is -0.844. The van der Waals surface area contributed by atoms with Gasteiger partial charge in [0.15, 0.2) is 5.03 Å². The molecule has 0 aliphatic carbocycles. The Kier molecular flexibility index (Phi) is 4.50. The Morgan fingerprint density at radius 3 is 2.28 bits per heavy atom. The molecule has 29 heavy (non-hydrogen) atoms. The van der Waals surface area contributed by atoms with Crippen LogP contribution in [0.25, 0.3) is 16.8 Å². The van der Waals surface area contributed by atoms with Gasteiger partial charge in [0, 0.05) is 12.6 Å². The maximum atomic E-state index is 13.6. The van der Waals surface area contributed by atoms with Crippen LogP contribution in [0.15, 0.2) is 75.8 Å². The Hall–Kier alpha value is -3.39. The molecular formula is C21H19N3O4S. The molecule has 7 nitrogen and oxygen atoms in total. The Morgan fingerprint density at radius 2 is 1.66 bits per heavy atom. The molecule has 0 spiro atoms. The molecule has 0 aliphatic rings. The Bertz CT molecular complexity index is 1370. The van der Waals surface area contributed by atoms with Crippen LogP contribution in [0.4, 0.5) is 0 Å². The average molecular weight is 409 g/mol. The van der Waals surface area contributed by atoms with E-state index < -0.39 is 9.84 Å². The van der Waals surface area contributed by atoms with E-state index in [4.69, 9.17) is 4.74 Å². The minimum Gasteiger partial charge on any atom is -0.497 e. The van der Waals surface area contributed by atoms with E-state index in [1.807, 2.05) is 6.92 Å². The van der Waals surface area contributed by atoms with Crippen molar-refractivity contribution in [1.82, 2.24) is 14.0 Å². The molecule has 0 N–H and O–H groups in total. The zero-order valence-electron chi connectivity index (χ0n) is 16.2. The third-order valence-corrected chi connectivity index (χ3v) is 6.66. The summed E-state index contributed by atoms with van der Waals surface area (Å²) in [6.07, 6.45) is 2.72. The van der Waals surface area contributed by atoms with E-state index in [2.05, 4.69) is 4.98 Å². The molecule has 4 aromatic rings. The number of aryl methyl sites for hydroxylation is 1. The van der Waals surface area contributed by atoms with E-state index in [-0.39, 0.29) is 26.7 Å².